The fourth-order valence-electron chi connectivity index (χ4n) is 10.1. The van der Waals surface area contributed by atoms with Crippen molar-refractivity contribution in [1.82, 2.24) is 5.32 Å². The molecule has 236 valence electrons. The van der Waals surface area contributed by atoms with Crippen LogP contribution in [-0.4, -0.2) is 29.4 Å². The van der Waals surface area contributed by atoms with E-state index >= 15 is 0 Å². The third-order valence-electron chi connectivity index (χ3n) is 12.6. The highest BCUT2D eigenvalue weighted by molar-refractivity contribution is 5.97. The number of aryl methyl sites for hydroxylation is 2. The van der Waals surface area contributed by atoms with Crippen molar-refractivity contribution in [2.75, 3.05) is 11.9 Å². The largest absolute Gasteiger partial charge is 0.508 e. The van der Waals surface area contributed by atoms with Crippen LogP contribution in [0.1, 0.15) is 94.9 Å². The molecule has 44 heavy (non-hydrogen) atoms. The van der Waals surface area contributed by atoms with Gasteiger partial charge in [0.05, 0.1) is 0 Å². The first-order chi connectivity index (χ1) is 21.0. The lowest BCUT2D eigenvalue weighted by Crippen LogP contribution is -2.53. The maximum absolute atomic E-state index is 13.8. The lowest BCUT2D eigenvalue weighted by atomic mass is 9.52. The zero-order valence-electron chi connectivity index (χ0n) is 26.7. The van der Waals surface area contributed by atoms with Crippen LogP contribution in [0.3, 0.4) is 0 Å². The average molecular weight is 600 g/mol. The highest BCUT2D eigenvalue weighted by Gasteiger charge is 2.52. The molecule has 4 aliphatic rings. The van der Waals surface area contributed by atoms with E-state index in [9.17, 15) is 19.5 Å². The number of imide groups is 1. The predicted octanol–water partition coefficient (Wildman–Crippen LogP) is 5.75. The molecule has 0 spiro atoms. The molecule has 0 unspecified atom stereocenters. The lowest BCUT2D eigenvalue weighted by Gasteiger charge is -2.52. The van der Waals surface area contributed by atoms with E-state index in [4.69, 9.17) is 5.73 Å². The Hall–Kier alpha value is -3.19. The molecule has 0 heterocycles. The summed E-state index contributed by atoms with van der Waals surface area (Å²) >= 11 is 0. The lowest BCUT2D eigenvalue weighted by molar-refractivity contribution is -0.140. The molecular formula is C37H49N3O4. The summed E-state index contributed by atoms with van der Waals surface area (Å²) in [5, 5.41) is 16.1. The molecule has 8 atom stereocenters. The third kappa shape index (κ3) is 5.15. The van der Waals surface area contributed by atoms with Crippen LogP contribution in [0.2, 0.25) is 0 Å². The molecule has 3 amide bonds. The molecule has 2 fully saturated rings. The Bertz CT molecular complexity index is 1470. The van der Waals surface area contributed by atoms with Crippen molar-refractivity contribution in [2.45, 2.75) is 96.3 Å². The summed E-state index contributed by atoms with van der Waals surface area (Å²) in [5.74, 6) is 0.560. The van der Waals surface area contributed by atoms with Crippen LogP contribution < -0.4 is 16.4 Å². The zero-order chi connectivity index (χ0) is 31.4. The van der Waals surface area contributed by atoms with E-state index in [0.29, 0.717) is 30.6 Å². The zero-order valence-corrected chi connectivity index (χ0v) is 26.7. The number of rotatable bonds is 5. The van der Waals surface area contributed by atoms with Crippen LogP contribution in [-0.2, 0) is 38.1 Å². The number of nitrogens with one attached hydrogen (secondary N) is 2. The highest BCUT2D eigenvalue weighted by atomic mass is 16.3. The molecule has 2 aromatic rings. The number of hydrogen-bond donors (Lipinski definition) is 4. The number of phenols is 1. The summed E-state index contributed by atoms with van der Waals surface area (Å²) in [7, 11) is 0. The normalized spacial score (nSPS) is 34.0. The Morgan fingerprint density at radius 1 is 0.818 bits per heavy atom. The van der Waals surface area contributed by atoms with E-state index in [-0.39, 0.29) is 52.2 Å². The van der Waals surface area contributed by atoms with Gasteiger partial charge in [0.1, 0.15) is 5.75 Å². The molecule has 0 bridgehead atoms. The number of benzene rings is 2. The van der Waals surface area contributed by atoms with Gasteiger partial charge in [-0.15, -0.1) is 0 Å². The van der Waals surface area contributed by atoms with Crippen molar-refractivity contribution in [3.63, 3.8) is 0 Å². The predicted molar refractivity (Wildman–Crippen MR) is 172 cm³/mol. The van der Waals surface area contributed by atoms with Crippen LogP contribution >= 0.6 is 0 Å². The molecular weight excluding hydrogens is 550 g/mol. The van der Waals surface area contributed by atoms with Gasteiger partial charge in [0, 0.05) is 30.5 Å². The summed E-state index contributed by atoms with van der Waals surface area (Å²) in [4.78, 5) is 39.7. The maximum Gasteiger partial charge on any atom is 0.229 e. The van der Waals surface area contributed by atoms with Gasteiger partial charge in [0.25, 0.3) is 0 Å². The molecule has 5 N–H and O–H groups in total. The molecule has 2 aromatic carbocycles. The van der Waals surface area contributed by atoms with E-state index in [1.54, 1.807) is 6.07 Å². The minimum Gasteiger partial charge on any atom is -0.508 e. The smallest absolute Gasteiger partial charge is 0.229 e. The van der Waals surface area contributed by atoms with Gasteiger partial charge in [-0.2, -0.15) is 0 Å². The van der Waals surface area contributed by atoms with Crippen LogP contribution in [0.4, 0.5) is 5.69 Å². The molecule has 7 nitrogen and oxygen atoms in total. The van der Waals surface area contributed by atoms with Crippen LogP contribution in [0.15, 0.2) is 36.4 Å². The number of carbonyl (C=O) groups excluding carboxylic acids is 3. The van der Waals surface area contributed by atoms with Gasteiger partial charge in [0.15, 0.2) is 0 Å². The molecule has 0 saturated heterocycles. The number of aromatic hydroxyl groups is 1. The van der Waals surface area contributed by atoms with Crippen LogP contribution in [0.25, 0.3) is 0 Å². The van der Waals surface area contributed by atoms with E-state index in [2.05, 4.69) is 56.5 Å². The molecule has 2 saturated carbocycles. The average Bonchev–Trinajstić information content (AvgIpc) is 2.97. The molecule has 6 rings (SSSR count). The van der Waals surface area contributed by atoms with Gasteiger partial charge in [-0.3, -0.25) is 19.7 Å². The second-order valence-corrected chi connectivity index (χ2v) is 14.8. The molecule has 4 aliphatic carbocycles. The second-order valence-electron chi connectivity index (χ2n) is 14.8. The number of amides is 3. The number of nitrogens with two attached hydrogens (primary N) is 1. The Kier molecular flexibility index (Phi) is 8.14. The van der Waals surface area contributed by atoms with Crippen molar-refractivity contribution in [1.29, 1.82) is 0 Å². The molecule has 0 aliphatic heterocycles. The molecule has 0 aromatic heterocycles. The first-order valence-corrected chi connectivity index (χ1v) is 16.8. The number of carbonyl (C=O) groups is 3. The van der Waals surface area contributed by atoms with Crippen molar-refractivity contribution in [2.24, 2.45) is 41.2 Å². The van der Waals surface area contributed by atoms with Gasteiger partial charge in [0.2, 0.25) is 17.7 Å². The fourth-order valence-corrected chi connectivity index (χ4v) is 10.1. The number of anilines is 1. The standard InChI is InChI=1S/C37H49N3O4/c1-21-27(13-16-36(3)29(21)11-7-23-5-9-25(19-31(23)36)39-33(42)15-18-38)34(43)40-35(44)28-14-17-37(4)30(22(28)2)12-8-24-6-10-26(41)20-32(24)37/h5-6,9-10,19-22,27-30,41H,7-8,11-18,38H2,1-4H3,(H,39,42)(H,40,43,44)/t21-,22-,27+,28+,29+,30+,36+,37+/m1/s1. The van der Waals surface area contributed by atoms with Crippen LogP contribution in [0, 0.1) is 35.5 Å². The summed E-state index contributed by atoms with van der Waals surface area (Å²) in [6.45, 7) is 9.31. The SMILES string of the molecule is C[C@@H]1[C@@H](C(=O)NC(=O)[C@H]2CC[C@]3(C)c4cc(NC(=O)CCN)ccc4CC[C@H]3[C@@H]2C)CC[C@]2(C)c3cc(O)ccc3CC[C@@H]12. The maximum atomic E-state index is 13.8. The van der Waals surface area contributed by atoms with E-state index in [1.165, 1.54) is 22.3 Å². The minimum absolute atomic E-state index is 0.0702. The van der Waals surface area contributed by atoms with Gasteiger partial charge in [-0.25, -0.2) is 0 Å². The summed E-state index contributed by atoms with van der Waals surface area (Å²) in [6, 6.07) is 12.0. The van der Waals surface area contributed by atoms with Crippen molar-refractivity contribution < 1.29 is 19.5 Å². The minimum atomic E-state index is -0.195. The summed E-state index contributed by atoms with van der Waals surface area (Å²) < 4.78 is 0. The molecule has 0 radical (unpaired) electrons. The third-order valence-corrected chi connectivity index (χ3v) is 12.6. The monoisotopic (exact) mass is 599 g/mol. The quantitative estimate of drug-likeness (QED) is 0.326. The van der Waals surface area contributed by atoms with E-state index in [1.807, 2.05) is 12.1 Å². The Labute approximate surface area is 261 Å². The fraction of sp³-hybridized carbons (Fsp3) is 0.595. The number of hydrogen-bond acceptors (Lipinski definition) is 5. The summed E-state index contributed by atoms with van der Waals surface area (Å²) in [5.41, 5.74) is 11.4. The highest BCUT2D eigenvalue weighted by Crippen LogP contribution is 2.56. The first-order valence-electron chi connectivity index (χ1n) is 16.8. The number of phenolic OH excluding ortho intramolecular Hbond substituents is 1. The Morgan fingerprint density at radius 2 is 1.34 bits per heavy atom. The van der Waals surface area contributed by atoms with E-state index < -0.39 is 0 Å². The first kappa shape index (κ1) is 30.8. The number of fused-ring (bicyclic) bond motifs is 6. The van der Waals surface area contributed by atoms with Gasteiger partial charge < -0.3 is 16.2 Å². The topological polar surface area (TPSA) is 122 Å². The van der Waals surface area contributed by atoms with Gasteiger partial charge in [-0.1, -0.05) is 39.8 Å². The van der Waals surface area contributed by atoms with Crippen molar-refractivity contribution >= 4 is 23.4 Å². The van der Waals surface area contributed by atoms with Crippen LogP contribution in [0.5, 0.6) is 5.75 Å². The van der Waals surface area contributed by atoms with Crippen molar-refractivity contribution in [3.05, 3.63) is 58.7 Å². The van der Waals surface area contributed by atoms with E-state index in [0.717, 1.165) is 57.1 Å². The van der Waals surface area contributed by atoms with Crippen molar-refractivity contribution in [3.8, 4) is 5.75 Å². The molecule has 7 heteroatoms. The van der Waals surface area contributed by atoms with Gasteiger partial charge >= 0.3 is 0 Å². The Morgan fingerprint density at radius 3 is 1.89 bits per heavy atom. The summed E-state index contributed by atoms with van der Waals surface area (Å²) in [6.07, 6.45) is 7.45. The van der Waals surface area contributed by atoms with Gasteiger partial charge in [-0.05, 0) is 132 Å². The Balaban J connectivity index is 1.13. The second kappa shape index (κ2) is 11.6.